The quantitative estimate of drug-likeness (QED) is 0.607. The number of benzene rings is 1. The second kappa shape index (κ2) is 8.88. The molecule has 6 nitrogen and oxygen atoms in total. The summed E-state index contributed by atoms with van der Waals surface area (Å²) in [6.07, 6.45) is 1.52. The molecule has 0 unspecified atom stereocenters. The number of hydrogen-bond donors (Lipinski definition) is 1. The van der Waals surface area contributed by atoms with Crippen LogP contribution in [0.2, 0.25) is 0 Å². The van der Waals surface area contributed by atoms with Gasteiger partial charge in [0.05, 0.1) is 12.7 Å². The first-order valence-corrected chi connectivity index (χ1v) is 7.97. The number of likely N-dealkylation sites (N-methyl/N-ethyl adjacent to an activating group) is 1. The zero-order valence-electron chi connectivity index (χ0n) is 15.3. The first-order valence-electron chi connectivity index (χ1n) is 7.97. The summed E-state index contributed by atoms with van der Waals surface area (Å²) in [6, 6.07) is 6.94. The van der Waals surface area contributed by atoms with Crippen molar-refractivity contribution in [2.24, 2.45) is 5.41 Å². The number of hydrogen-bond acceptors (Lipinski definition) is 5. The van der Waals surface area contributed by atoms with Crippen LogP contribution in [0, 0.1) is 16.7 Å². The lowest BCUT2D eigenvalue weighted by atomic mass is 9.86. The first-order chi connectivity index (χ1) is 11.7. The van der Waals surface area contributed by atoms with Crippen molar-refractivity contribution in [1.82, 2.24) is 5.32 Å². The fraction of sp³-hybridized carbons (Fsp3) is 0.421. The molecule has 0 atom stereocenters. The van der Waals surface area contributed by atoms with E-state index in [0.717, 1.165) is 0 Å². The highest BCUT2D eigenvalue weighted by molar-refractivity contribution is 6.06. The van der Waals surface area contributed by atoms with Crippen molar-refractivity contribution in [1.29, 1.82) is 5.26 Å². The van der Waals surface area contributed by atoms with Crippen LogP contribution in [-0.4, -0.2) is 32.0 Å². The number of allylic oxidation sites excluding steroid dienone is 1. The largest absolute Gasteiger partial charge is 0.493 e. The highest BCUT2D eigenvalue weighted by Gasteiger charge is 2.25. The van der Waals surface area contributed by atoms with Crippen LogP contribution in [0.1, 0.15) is 33.3 Å². The van der Waals surface area contributed by atoms with Gasteiger partial charge in [-0.1, -0.05) is 26.8 Å². The maximum absolute atomic E-state index is 12.3. The van der Waals surface area contributed by atoms with Crippen LogP contribution >= 0.6 is 0 Å². The third-order valence-electron chi connectivity index (χ3n) is 3.28. The molecule has 0 heterocycles. The van der Waals surface area contributed by atoms with E-state index in [1.807, 2.05) is 13.0 Å². The maximum atomic E-state index is 12.3. The summed E-state index contributed by atoms with van der Waals surface area (Å²) in [7, 11) is 1.48. The van der Waals surface area contributed by atoms with Crippen LogP contribution in [0.15, 0.2) is 23.8 Å². The van der Waals surface area contributed by atoms with Gasteiger partial charge in [0.25, 0.3) is 5.91 Å². The molecule has 1 aromatic rings. The fourth-order valence-electron chi connectivity index (χ4n) is 2.00. The molecule has 1 aromatic carbocycles. The summed E-state index contributed by atoms with van der Waals surface area (Å²) >= 11 is 0. The molecule has 0 aliphatic carbocycles. The third kappa shape index (κ3) is 5.96. The van der Waals surface area contributed by atoms with Crippen molar-refractivity contribution in [2.45, 2.75) is 27.7 Å². The number of nitrogens with one attached hydrogen (secondary N) is 1. The highest BCUT2D eigenvalue weighted by atomic mass is 16.5. The lowest BCUT2D eigenvalue weighted by molar-refractivity contribution is -0.123. The van der Waals surface area contributed by atoms with Gasteiger partial charge in [-0.05, 0) is 30.7 Å². The lowest BCUT2D eigenvalue weighted by Gasteiger charge is -2.15. The van der Waals surface area contributed by atoms with Crippen LogP contribution < -0.4 is 14.8 Å². The Hall–Kier alpha value is -2.81. The predicted molar refractivity (Wildman–Crippen MR) is 95.2 cm³/mol. The molecule has 25 heavy (non-hydrogen) atoms. The Morgan fingerprint density at radius 1 is 1.28 bits per heavy atom. The normalized spacial score (nSPS) is 11.4. The molecule has 0 radical (unpaired) electrons. The van der Waals surface area contributed by atoms with Crippen LogP contribution in [0.5, 0.6) is 11.5 Å². The fourth-order valence-corrected chi connectivity index (χ4v) is 2.00. The molecule has 0 aromatic heterocycles. The Morgan fingerprint density at radius 2 is 1.96 bits per heavy atom. The Bertz CT molecular complexity index is 709. The van der Waals surface area contributed by atoms with Gasteiger partial charge in [0.2, 0.25) is 0 Å². The number of carbonyl (C=O) groups excluding carboxylic acids is 2. The average Bonchev–Trinajstić information content (AvgIpc) is 2.57. The standard InChI is InChI=1S/C19H24N2O4/c1-6-21-17(22)12-25-15-8-7-13(10-16(15)24-5)9-14(11-20)18(23)19(2,3)4/h7-10H,6,12H2,1-5H3,(H,21,22)/b14-9+. The third-order valence-corrected chi connectivity index (χ3v) is 3.28. The van der Waals surface area contributed by atoms with Gasteiger partial charge >= 0.3 is 0 Å². The van der Waals surface area contributed by atoms with Gasteiger partial charge in [-0.15, -0.1) is 0 Å². The van der Waals surface area contributed by atoms with E-state index < -0.39 is 5.41 Å². The Labute approximate surface area is 148 Å². The molecule has 1 amide bonds. The molecule has 0 aliphatic heterocycles. The molecule has 0 spiro atoms. The van der Waals surface area contributed by atoms with Crippen LogP contribution in [0.3, 0.4) is 0 Å². The van der Waals surface area contributed by atoms with Gasteiger partial charge in [0.15, 0.2) is 23.9 Å². The van der Waals surface area contributed by atoms with Crippen molar-refractivity contribution in [3.8, 4) is 17.6 Å². The number of ether oxygens (including phenoxy) is 2. The van der Waals surface area contributed by atoms with Gasteiger partial charge in [-0.25, -0.2) is 0 Å². The van der Waals surface area contributed by atoms with Crippen molar-refractivity contribution in [3.05, 3.63) is 29.3 Å². The summed E-state index contributed by atoms with van der Waals surface area (Å²) < 4.78 is 10.7. The minimum atomic E-state index is -0.638. The number of amides is 1. The number of carbonyl (C=O) groups is 2. The number of rotatable bonds is 7. The number of ketones is 1. The number of methoxy groups -OCH3 is 1. The Morgan fingerprint density at radius 3 is 2.48 bits per heavy atom. The maximum Gasteiger partial charge on any atom is 0.257 e. The van der Waals surface area contributed by atoms with E-state index in [2.05, 4.69) is 5.32 Å². The number of nitriles is 1. The van der Waals surface area contributed by atoms with Gasteiger partial charge in [0, 0.05) is 12.0 Å². The van der Waals surface area contributed by atoms with Crippen LogP contribution in [-0.2, 0) is 9.59 Å². The number of nitrogens with zero attached hydrogens (tertiary/aromatic N) is 1. The average molecular weight is 344 g/mol. The molecule has 0 aliphatic rings. The highest BCUT2D eigenvalue weighted by Crippen LogP contribution is 2.29. The summed E-state index contributed by atoms with van der Waals surface area (Å²) in [4.78, 5) is 23.7. The van der Waals surface area contributed by atoms with E-state index >= 15 is 0 Å². The monoisotopic (exact) mass is 344 g/mol. The molecule has 0 saturated carbocycles. The van der Waals surface area contributed by atoms with Gasteiger partial charge in [-0.3, -0.25) is 9.59 Å². The second-order valence-electron chi connectivity index (χ2n) is 6.40. The molecule has 6 heteroatoms. The van der Waals surface area contributed by atoms with Crippen molar-refractivity contribution in [3.63, 3.8) is 0 Å². The first kappa shape index (κ1) is 20.2. The minimum Gasteiger partial charge on any atom is -0.493 e. The van der Waals surface area contributed by atoms with E-state index in [1.165, 1.54) is 13.2 Å². The van der Waals surface area contributed by atoms with Gasteiger partial charge in [0.1, 0.15) is 6.07 Å². The van der Waals surface area contributed by atoms with E-state index in [0.29, 0.717) is 23.6 Å². The smallest absolute Gasteiger partial charge is 0.257 e. The zero-order valence-corrected chi connectivity index (χ0v) is 15.3. The molecule has 134 valence electrons. The second-order valence-corrected chi connectivity index (χ2v) is 6.40. The van der Waals surface area contributed by atoms with Crippen molar-refractivity contribution < 1.29 is 19.1 Å². The Kier molecular flexibility index (Phi) is 7.19. The van der Waals surface area contributed by atoms with Crippen molar-refractivity contribution >= 4 is 17.8 Å². The van der Waals surface area contributed by atoms with Crippen molar-refractivity contribution in [2.75, 3.05) is 20.3 Å². The predicted octanol–water partition coefficient (Wildman–Crippen LogP) is 2.73. The van der Waals surface area contributed by atoms with Crippen LogP contribution in [0.25, 0.3) is 6.08 Å². The molecule has 0 saturated heterocycles. The molecular formula is C19H24N2O4. The summed E-state index contributed by atoms with van der Waals surface area (Å²) in [5.74, 6) is 0.367. The van der Waals surface area contributed by atoms with Crippen LogP contribution in [0.4, 0.5) is 0 Å². The SMILES string of the molecule is CCNC(=O)COc1ccc(/C=C(\C#N)C(=O)C(C)(C)C)cc1OC. The molecule has 1 rings (SSSR count). The summed E-state index contributed by atoms with van der Waals surface area (Å²) in [6.45, 7) is 7.52. The van der Waals surface area contributed by atoms with E-state index in [-0.39, 0.29) is 23.9 Å². The lowest BCUT2D eigenvalue weighted by Crippen LogP contribution is -2.28. The summed E-state index contributed by atoms with van der Waals surface area (Å²) in [5, 5.41) is 11.9. The number of Topliss-reactive ketones (excluding diaryl/α,β-unsaturated/α-hetero) is 1. The molecule has 1 N–H and O–H groups in total. The Balaban J connectivity index is 3.04. The van der Waals surface area contributed by atoms with E-state index in [1.54, 1.807) is 39.0 Å². The minimum absolute atomic E-state index is 0.0746. The topological polar surface area (TPSA) is 88.4 Å². The molecule has 0 bridgehead atoms. The zero-order chi connectivity index (χ0) is 19.0. The van der Waals surface area contributed by atoms with Gasteiger partial charge in [-0.2, -0.15) is 5.26 Å². The summed E-state index contributed by atoms with van der Waals surface area (Å²) in [5.41, 5.74) is 0.0725. The van der Waals surface area contributed by atoms with E-state index in [9.17, 15) is 14.9 Å². The molecule has 0 fully saturated rings. The molecular weight excluding hydrogens is 320 g/mol. The van der Waals surface area contributed by atoms with E-state index in [4.69, 9.17) is 9.47 Å². The van der Waals surface area contributed by atoms with Gasteiger partial charge < -0.3 is 14.8 Å².